The van der Waals surface area contributed by atoms with Gasteiger partial charge in [0.2, 0.25) is 0 Å². The zero-order valence-corrected chi connectivity index (χ0v) is 17.8. The van der Waals surface area contributed by atoms with Crippen molar-refractivity contribution < 1.29 is 23.5 Å². The molecule has 1 fully saturated rings. The van der Waals surface area contributed by atoms with E-state index in [9.17, 15) is 18.4 Å². The van der Waals surface area contributed by atoms with Gasteiger partial charge in [-0.3, -0.25) is 4.79 Å². The number of carbonyl (C=O) groups excluding carboxylic acids is 1. The highest BCUT2D eigenvalue weighted by molar-refractivity contribution is 7.15. The SMILES string of the molecule is O=C(Nc1ccc(-c2cnc(C3CCC(C(=O)O)CC3)s2)cc1)Nc1ccc(F)c(F)c1. The van der Waals surface area contributed by atoms with E-state index in [1.807, 2.05) is 18.3 Å². The third-order valence-electron chi connectivity index (χ3n) is 5.55. The minimum Gasteiger partial charge on any atom is -0.481 e. The van der Waals surface area contributed by atoms with Gasteiger partial charge in [0.1, 0.15) is 0 Å². The molecule has 0 atom stereocenters. The lowest BCUT2D eigenvalue weighted by Crippen LogP contribution is -2.20. The van der Waals surface area contributed by atoms with E-state index in [1.54, 1.807) is 23.5 Å². The van der Waals surface area contributed by atoms with Crippen LogP contribution in [0.1, 0.15) is 36.6 Å². The first kappa shape index (κ1) is 21.9. The van der Waals surface area contributed by atoms with Crippen molar-refractivity contribution in [2.45, 2.75) is 31.6 Å². The number of carboxylic acids is 1. The molecule has 6 nitrogen and oxygen atoms in total. The number of carbonyl (C=O) groups is 2. The van der Waals surface area contributed by atoms with Gasteiger partial charge in [0, 0.05) is 29.6 Å². The largest absolute Gasteiger partial charge is 0.481 e. The lowest BCUT2D eigenvalue weighted by atomic mass is 9.82. The summed E-state index contributed by atoms with van der Waals surface area (Å²) in [6.45, 7) is 0. The van der Waals surface area contributed by atoms with E-state index < -0.39 is 23.6 Å². The number of amides is 2. The number of aliphatic carboxylic acids is 1. The highest BCUT2D eigenvalue weighted by Crippen LogP contribution is 2.39. The third-order valence-corrected chi connectivity index (χ3v) is 6.76. The molecular weight excluding hydrogens is 436 g/mol. The van der Waals surface area contributed by atoms with Crippen LogP contribution in [-0.2, 0) is 4.79 Å². The second kappa shape index (κ2) is 9.44. The van der Waals surface area contributed by atoms with Crippen molar-refractivity contribution in [3.8, 4) is 10.4 Å². The molecule has 0 radical (unpaired) electrons. The van der Waals surface area contributed by atoms with Crippen molar-refractivity contribution >= 4 is 34.7 Å². The molecule has 1 heterocycles. The quantitative estimate of drug-likeness (QED) is 0.432. The smallest absolute Gasteiger partial charge is 0.323 e. The number of carboxylic acid groups (broad SMARTS) is 1. The van der Waals surface area contributed by atoms with Crippen LogP contribution in [0, 0.1) is 17.6 Å². The molecular formula is C23H21F2N3O3S. The minimum absolute atomic E-state index is 0.146. The summed E-state index contributed by atoms with van der Waals surface area (Å²) >= 11 is 1.60. The summed E-state index contributed by atoms with van der Waals surface area (Å²) in [4.78, 5) is 28.8. The van der Waals surface area contributed by atoms with Crippen molar-refractivity contribution in [2.24, 2.45) is 5.92 Å². The number of hydrogen-bond donors (Lipinski definition) is 3. The first-order valence-electron chi connectivity index (χ1n) is 10.2. The highest BCUT2D eigenvalue weighted by atomic mass is 32.1. The van der Waals surface area contributed by atoms with Crippen molar-refractivity contribution in [3.05, 3.63) is 65.3 Å². The zero-order chi connectivity index (χ0) is 22.7. The van der Waals surface area contributed by atoms with E-state index >= 15 is 0 Å². The van der Waals surface area contributed by atoms with Crippen molar-refractivity contribution in [3.63, 3.8) is 0 Å². The van der Waals surface area contributed by atoms with Crippen molar-refractivity contribution in [1.82, 2.24) is 4.98 Å². The molecule has 0 aliphatic heterocycles. The fraction of sp³-hybridized carbons (Fsp3) is 0.261. The molecule has 2 amide bonds. The molecule has 166 valence electrons. The number of hydrogen-bond acceptors (Lipinski definition) is 4. The minimum atomic E-state index is -1.04. The fourth-order valence-electron chi connectivity index (χ4n) is 3.78. The topological polar surface area (TPSA) is 91.3 Å². The van der Waals surface area contributed by atoms with Gasteiger partial charge in [-0.1, -0.05) is 12.1 Å². The monoisotopic (exact) mass is 457 g/mol. The Morgan fingerprint density at radius 3 is 2.25 bits per heavy atom. The summed E-state index contributed by atoms with van der Waals surface area (Å²) in [6.07, 6.45) is 4.85. The number of aromatic nitrogens is 1. The normalized spacial score (nSPS) is 18.2. The van der Waals surface area contributed by atoms with Gasteiger partial charge in [0.05, 0.1) is 15.8 Å². The van der Waals surface area contributed by atoms with Gasteiger partial charge in [0.25, 0.3) is 0 Å². The van der Waals surface area contributed by atoms with Crippen LogP contribution >= 0.6 is 11.3 Å². The van der Waals surface area contributed by atoms with Crippen molar-refractivity contribution in [2.75, 3.05) is 10.6 Å². The zero-order valence-electron chi connectivity index (χ0n) is 17.0. The summed E-state index contributed by atoms with van der Waals surface area (Å²) in [5, 5.41) is 15.3. The lowest BCUT2D eigenvalue weighted by Gasteiger charge is -2.24. The second-order valence-corrected chi connectivity index (χ2v) is 8.80. The number of anilines is 2. The Hall–Kier alpha value is -3.33. The summed E-state index contributed by atoms with van der Waals surface area (Å²) in [7, 11) is 0. The van der Waals surface area contributed by atoms with Crippen LogP contribution in [-0.4, -0.2) is 22.1 Å². The predicted octanol–water partition coefficient (Wildman–Crippen LogP) is 6.09. The Morgan fingerprint density at radius 1 is 0.938 bits per heavy atom. The lowest BCUT2D eigenvalue weighted by molar-refractivity contribution is -0.142. The molecule has 0 bridgehead atoms. The van der Waals surface area contributed by atoms with Crippen LogP contribution in [0.4, 0.5) is 25.0 Å². The molecule has 1 saturated carbocycles. The van der Waals surface area contributed by atoms with Crippen LogP contribution in [0.2, 0.25) is 0 Å². The standard InChI is InChI=1S/C23H21F2N3O3S/c24-18-10-9-17(11-19(18)25)28-23(31)27-16-7-5-13(6-8-16)20-12-26-21(32-20)14-1-3-15(4-2-14)22(29)30/h5-12,14-15H,1-4H2,(H,29,30)(H2,27,28,31). The molecule has 1 aliphatic carbocycles. The first-order valence-corrected chi connectivity index (χ1v) is 11.0. The average molecular weight is 458 g/mol. The molecule has 9 heteroatoms. The first-order chi connectivity index (χ1) is 15.4. The Labute approximate surface area is 187 Å². The van der Waals surface area contributed by atoms with Gasteiger partial charge < -0.3 is 15.7 Å². The van der Waals surface area contributed by atoms with Crippen LogP contribution in [0.25, 0.3) is 10.4 Å². The van der Waals surface area contributed by atoms with Gasteiger partial charge in [-0.15, -0.1) is 11.3 Å². The van der Waals surface area contributed by atoms with E-state index in [2.05, 4.69) is 15.6 Å². The molecule has 1 aliphatic rings. The molecule has 0 saturated heterocycles. The number of rotatable bonds is 5. The highest BCUT2D eigenvalue weighted by Gasteiger charge is 2.28. The molecule has 0 spiro atoms. The Morgan fingerprint density at radius 2 is 1.59 bits per heavy atom. The molecule has 0 unspecified atom stereocenters. The van der Waals surface area contributed by atoms with Gasteiger partial charge >= 0.3 is 12.0 Å². The predicted molar refractivity (Wildman–Crippen MR) is 119 cm³/mol. The van der Waals surface area contributed by atoms with E-state index in [4.69, 9.17) is 5.11 Å². The Balaban J connectivity index is 1.35. The molecule has 1 aromatic heterocycles. The molecule has 2 aromatic carbocycles. The Bertz CT molecular complexity index is 1130. The third kappa shape index (κ3) is 5.11. The Kier molecular flexibility index (Phi) is 6.45. The van der Waals surface area contributed by atoms with Crippen LogP contribution in [0.5, 0.6) is 0 Å². The van der Waals surface area contributed by atoms with E-state index in [0.717, 1.165) is 40.4 Å². The second-order valence-electron chi connectivity index (χ2n) is 7.73. The van der Waals surface area contributed by atoms with Gasteiger partial charge in [0.15, 0.2) is 11.6 Å². The fourth-order valence-corrected chi connectivity index (χ4v) is 4.87. The summed E-state index contributed by atoms with van der Waals surface area (Å²) in [6, 6.07) is 9.79. The maximum atomic E-state index is 13.3. The van der Waals surface area contributed by atoms with Crippen molar-refractivity contribution in [1.29, 1.82) is 0 Å². The van der Waals surface area contributed by atoms with Crippen LogP contribution in [0.3, 0.4) is 0 Å². The maximum Gasteiger partial charge on any atom is 0.323 e. The number of benzene rings is 2. The maximum absolute atomic E-state index is 13.3. The van der Waals surface area contributed by atoms with Crippen LogP contribution in [0.15, 0.2) is 48.7 Å². The number of nitrogens with one attached hydrogen (secondary N) is 2. The summed E-state index contributed by atoms with van der Waals surface area (Å²) < 4.78 is 26.2. The average Bonchev–Trinajstić information content (AvgIpc) is 3.27. The van der Waals surface area contributed by atoms with Gasteiger partial charge in [-0.2, -0.15) is 0 Å². The summed E-state index contributed by atoms with van der Waals surface area (Å²) in [5.41, 5.74) is 1.65. The van der Waals surface area contributed by atoms with Gasteiger partial charge in [-0.25, -0.2) is 18.6 Å². The van der Waals surface area contributed by atoms with Gasteiger partial charge in [-0.05, 0) is 55.5 Å². The number of halogens is 2. The van der Waals surface area contributed by atoms with E-state index in [0.29, 0.717) is 24.4 Å². The summed E-state index contributed by atoms with van der Waals surface area (Å²) in [5.74, 6) is -2.68. The number of urea groups is 1. The van der Waals surface area contributed by atoms with Crippen LogP contribution < -0.4 is 10.6 Å². The number of thiazole rings is 1. The molecule has 4 rings (SSSR count). The number of nitrogens with zero attached hydrogens (tertiary/aromatic N) is 1. The molecule has 3 N–H and O–H groups in total. The molecule has 32 heavy (non-hydrogen) atoms. The molecule has 3 aromatic rings. The van der Waals surface area contributed by atoms with E-state index in [1.165, 1.54) is 6.07 Å². The van der Waals surface area contributed by atoms with E-state index in [-0.39, 0.29) is 11.6 Å².